The lowest BCUT2D eigenvalue weighted by Gasteiger charge is -2.20. The number of rotatable bonds is 4. The van der Waals surface area contributed by atoms with Crippen LogP contribution in [0.15, 0.2) is 34.2 Å². The van der Waals surface area contributed by atoms with Crippen LogP contribution in [-0.4, -0.2) is 4.98 Å². The Morgan fingerprint density at radius 2 is 2.00 bits per heavy atom. The van der Waals surface area contributed by atoms with E-state index in [1.165, 1.54) is 15.8 Å². The molecule has 4 heteroatoms. The largest absolute Gasteiger partial charge is 0.466 e. The van der Waals surface area contributed by atoms with Crippen LogP contribution < -0.4 is 5.32 Å². The maximum Gasteiger partial charge on any atom is 0.105 e. The van der Waals surface area contributed by atoms with Gasteiger partial charge in [0.2, 0.25) is 0 Å². The molecule has 0 aromatic carbocycles. The minimum Gasteiger partial charge on any atom is -0.466 e. The van der Waals surface area contributed by atoms with Crippen LogP contribution in [0.3, 0.4) is 0 Å². The maximum atomic E-state index is 5.62. The van der Waals surface area contributed by atoms with Crippen molar-refractivity contribution in [2.45, 2.75) is 39.8 Å². The Morgan fingerprint density at radius 3 is 2.71 bits per heavy atom. The first kappa shape index (κ1) is 14.3. The molecule has 0 saturated carbocycles. The highest BCUT2D eigenvalue weighted by molar-refractivity contribution is 7.17. The second-order valence-electron chi connectivity index (χ2n) is 5.55. The number of hydrogen-bond donors (Lipinski definition) is 1. The molecule has 0 fully saturated rings. The fourth-order valence-corrected chi connectivity index (χ4v) is 3.53. The van der Waals surface area contributed by atoms with Gasteiger partial charge in [0.1, 0.15) is 11.5 Å². The molecule has 0 saturated heterocycles. The number of thiophene rings is 1. The van der Waals surface area contributed by atoms with E-state index in [0.717, 1.165) is 17.0 Å². The quantitative estimate of drug-likeness (QED) is 0.743. The number of aryl methyl sites for hydroxylation is 2. The summed E-state index contributed by atoms with van der Waals surface area (Å²) < 4.78 is 6.86. The van der Waals surface area contributed by atoms with Gasteiger partial charge in [0, 0.05) is 23.8 Å². The lowest BCUT2D eigenvalue weighted by atomic mass is 10.1. The molecule has 2 atom stereocenters. The van der Waals surface area contributed by atoms with E-state index in [1.54, 1.807) is 11.3 Å². The fraction of sp³-hybridized carbons (Fsp3) is 0.353. The summed E-state index contributed by atoms with van der Waals surface area (Å²) >= 11 is 1.73. The molecule has 1 N–H and O–H groups in total. The highest BCUT2D eigenvalue weighted by Crippen LogP contribution is 2.26. The first-order valence-electron chi connectivity index (χ1n) is 7.20. The van der Waals surface area contributed by atoms with Crippen molar-refractivity contribution in [1.82, 2.24) is 10.3 Å². The molecule has 0 bridgehead atoms. The van der Waals surface area contributed by atoms with Crippen molar-refractivity contribution in [3.05, 3.63) is 52.4 Å². The monoisotopic (exact) mass is 300 g/mol. The molecule has 0 amide bonds. The Balaban J connectivity index is 1.78. The predicted octanol–water partition coefficient (Wildman–Crippen LogP) is 4.92. The van der Waals surface area contributed by atoms with Crippen molar-refractivity contribution in [2.75, 3.05) is 0 Å². The Hall–Kier alpha value is -1.65. The summed E-state index contributed by atoms with van der Waals surface area (Å²) in [5.41, 5.74) is 3.52. The molecule has 0 radical (unpaired) electrons. The molecule has 3 aromatic heterocycles. The Morgan fingerprint density at radius 1 is 1.19 bits per heavy atom. The van der Waals surface area contributed by atoms with E-state index in [4.69, 9.17) is 4.42 Å². The topological polar surface area (TPSA) is 38.1 Å². The minimum atomic E-state index is 0.244. The Kier molecular flexibility index (Phi) is 3.83. The lowest BCUT2D eigenvalue weighted by molar-refractivity contribution is 0.468. The summed E-state index contributed by atoms with van der Waals surface area (Å²) in [4.78, 5) is 4.52. The summed E-state index contributed by atoms with van der Waals surface area (Å²) in [7, 11) is 0. The van der Waals surface area contributed by atoms with E-state index >= 15 is 0 Å². The van der Waals surface area contributed by atoms with Gasteiger partial charge in [0.05, 0.1) is 10.2 Å². The molecule has 3 aromatic rings. The number of hydrogen-bond acceptors (Lipinski definition) is 4. The van der Waals surface area contributed by atoms with E-state index in [9.17, 15) is 0 Å². The highest BCUT2D eigenvalue weighted by atomic mass is 32.1. The second-order valence-corrected chi connectivity index (χ2v) is 6.50. The van der Waals surface area contributed by atoms with Crippen LogP contribution in [0.5, 0.6) is 0 Å². The van der Waals surface area contributed by atoms with Gasteiger partial charge in [-0.2, -0.15) is 0 Å². The van der Waals surface area contributed by atoms with Crippen LogP contribution in [-0.2, 0) is 0 Å². The molecular weight excluding hydrogens is 280 g/mol. The highest BCUT2D eigenvalue weighted by Gasteiger charge is 2.16. The third kappa shape index (κ3) is 2.87. The van der Waals surface area contributed by atoms with Crippen LogP contribution in [0.2, 0.25) is 0 Å². The van der Waals surface area contributed by atoms with Gasteiger partial charge in [-0.05, 0) is 56.8 Å². The van der Waals surface area contributed by atoms with Crippen LogP contribution in [0.1, 0.15) is 48.6 Å². The molecule has 0 spiro atoms. The van der Waals surface area contributed by atoms with Gasteiger partial charge >= 0.3 is 0 Å². The van der Waals surface area contributed by atoms with Crippen LogP contribution in [0.4, 0.5) is 0 Å². The normalized spacial score (nSPS) is 14.5. The predicted molar refractivity (Wildman–Crippen MR) is 87.8 cm³/mol. The first-order chi connectivity index (χ1) is 10.0. The molecule has 0 aliphatic rings. The number of aromatic nitrogens is 1. The molecule has 3 heterocycles. The summed E-state index contributed by atoms with van der Waals surface area (Å²) in [6.45, 7) is 8.35. The molecule has 3 rings (SSSR count). The molecule has 21 heavy (non-hydrogen) atoms. The van der Waals surface area contributed by atoms with Crippen molar-refractivity contribution >= 4 is 21.6 Å². The van der Waals surface area contributed by atoms with E-state index in [-0.39, 0.29) is 12.1 Å². The van der Waals surface area contributed by atoms with Gasteiger partial charge in [0.15, 0.2) is 0 Å². The summed E-state index contributed by atoms with van der Waals surface area (Å²) in [6, 6.07) is 6.89. The average Bonchev–Trinajstić information content (AvgIpc) is 3.03. The number of nitrogens with one attached hydrogen (secondary N) is 1. The number of furan rings is 1. The van der Waals surface area contributed by atoms with Gasteiger partial charge in [-0.3, -0.25) is 4.98 Å². The van der Waals surface area contributed by atoms with Crippen molar-refractivity contribution in [2.24, 2.45) is 0 Å². The van der Waals surface area contributed by atoms with Gasteiger partial charge in [-0.1, -0.05) is 0 Å². The maximum absolute atomic E-state index is 5.62. The molecule has 2 unspecified atom stereocenters. The Bertz CT molecular complexity index is 759. The van der Waals surface area contributed by atoms with Crippen molar-refractivity contribution in [3.8, 4) is 0 Å². The summed E-state index contributed by atoms with van der Waals surface area (Å²) in [6.07, 6.45) is 1.97. The third-order valence-electron chi connectivity index (χ3n) is 3.87. The van der Waals surface area contributed by atoms with Crippen molar-refractivity contribution in [1.29, 1.82) is 0 Å². The summed E-state index contributed by atoms with van der Waals surface area (Å²) in [5, 5.41) is 5.71. The van der Waals surface area contributed by atoms with Gasteiger partial charge in [0.25, 0.3) is 0 Å². The number of nitrogens with zero attached hydrogens (tertiary/aromatic N) is 1. The SMILES string of the molecule is Cc1cc(C(C)NC(C)c2cnc3ccsc3c2)c(C)o1. The summed E-state index contributed by atoms with van der Waals surface area (Å²) in [5.74, 6) is 1.96. The van der Waals surface area contributed by atoms with Crippen LogP contribution in [0.25, 0.3) is 10.2 Å². The van der Waals surface area contributed by atoms with Gasteiger partial charge < -0.3 is 9.73 Å². The zero-order valence-corrected chi connectivity index (χ0v) is 13.6. The number of fused-ring (bicyclic) bond motifs is 1. The van der Waals surface area contributed by atoms with Crippen LogP contribution >= 0.6 is 11.3 Å². The minimum absolute atomic E-state index is 0.244. The Labute approximate surface area is 129 Å². The van der Waals surface area contributed by atoms with Crippen molar-refractivity contribution in [3.63, 3.8) is 0 Å². The van der Waals surface area contributed by atoms with Gasteiger partial charge in [-0.25, -0.2) is 0 Å². The van der Waals surface area contributed by atoms with E-state index in [0.29, 0.717) is 0 Å². The van der Waals surface area contributed by atoms with Crippen molar-refractivity contribution < 1.29 is 4.42 Å². The lowest BCUT2D eigenvalue weighted by Crippen LogP contribution is -2.22. The van der Waals surface area contributed by atoms with E-state index in [2.05, 4.69) is 47.7 Å². The zero-order chi connectivity index (χ0) is 15.0. The second kappa shape index (κ2) is 5.62. The van der Waals surface area contributed by atoms with Gasteiger partial charge in [-0.15, -0.1) is 11.3 Å². The standard InChI is InChI=1S/C17H20N2OS/c1-10-7-15(13(4)20-10)12(3)19-11(2)14-8-17-16(18-9-14)5-6-21-17/h5-9,11-12,19H,1-4H3. The molecular formula is C17H20N2OS. The molecule has 3 nitrogen and oxygen atoms in total. The van der Waals surface area contributed by atoms with Crippen LogP contribution in [0, 0.1) is 13.8 Å². The number of pyridine rings is 1. The van der Waals surface area contributed by atoms with E-state index in [1.807, 2.05) is 20.0 Å². The molecule has 0 aliphatic heterocycles. The third-order valence-corrected chi connectivity index (χ3v) is 4.72. The smallest absolute Gasteiger partial charge is 0.105 e. The molecule has 110 valence electrons. The molecule has 0 aliphatic carbocycles. The zero-order valence-electron chi connectivity index (χ0n) is 12.8. The first-order valence-corrected chi connectivity index (χ1v) is 8.08. The van der Waals surface area contributed by atoms with E-state index < -0.39 is 0 Å². The fourth-order valence-electron chi connectivity index (χ4n) is 2.74. The average molecular weight is 300 g/mol.